The molecule has 0 spiro atoms. The van der Waals surface area contributed by atoms with Crippen molar-refractivity contribution in [2.45, 2.75) is 12.6 Å². The molecule has 0 aromatic heterocycles. The molecular weight excluding hydrogens is 239 g/mol. The molecule has 0 aliphatic heterocycles. The van der Waals surface area contributed by atoms with Gasteiger partial charge in [-0.3, -0.25) is 0 Å². The van der Waals surface area contributed by atoms with Crippen molar-refractivity contribution in [3.63, 3.8) is 0 Å². The number of nitrogens with zero attached hydrogens (tertiary/aromatic N) is 1. The Hall–Kier alpha value is -1.65. The summed E-state index contributed by atoms with van der Waals surface area (Å²) in [6.45, 7) is 0. The number of halogens is 4. The van der Waals surface area contributed by atoms with E-state index in [1.54, 1.807) is 6.07 Å². The Morgan fingerprint density at radius 3 is 2.56 bits per heavy atom. The molecule has 0 atom stereocenters. The number of alkyl halides is 3. The van der Waals surface area contributed by atoms with E-state index in [1.165, 1.54) is 6.07 Å². The predicted octanol–water partition coefficient (Wildman–Crippen LogP) is 3.62. The highest BCUT2D eigenvalue weighted by Crippen LogP contribution is 2.34. The zero-order valence-electron chi connectivity index (χ0n) is 7.90. The molecule has 82 valence electrons. The second-order valence-electron chi connectivity index (χ2n) is 2.83. The van der Waals surface area contributed by atoms with E-state index in [-0.39, 0.29) is 17.0 Å². The van der Waals surface area contributed by atoms with Gasteiger partial charge in [-0.15, -0.1) is 0 Å². The van der Waals surface area contributed by atoms with Gasteiger partial charge in [-0.2, -0.15) is 18.4 Å². The fraction of sp³-hybridized carbons (Fsp3) is 0.182. The van der Waals surface area contributed by atoms with Gasteiger partial charge in [0.15, 0.2) is 0 Å². The summed E-state index contributed by atoms with van der Waals surface area (Å²) in [5.74, 6) is 4.88. The highest BCUT2D eigenvalue weighted by Gasteiger charge is 2.33. The van der Waals surface area contributed by atoms with Crippen LogP contribution in [-0.4, -0.2) is 0 Å². The minimum absolute atomic E-state index is 0.0238. The third kappa shape index (κ3) is 3.18. The minimum atomic E-state index is -4.50. The van der Waals surface area contributed by atoms with Crippen LogP contribution in [0, 0.1) is 23.2 Å². The predicted molar refractivity (Wildman–Crippen MR) is 53.6 cm³/mol. The number of hydrogen-bond donors (Lipinski definition) is 0. The van der Waals surface area contributed by atoms with E-state index in [9.17, 15) is 13.2 Å². The second-order valence-corrected chi connectivity index (χ2v) is 3.24. The zero-order valence-corrected chi connectivity index (χ0v) is 8.65. The average molecular weight is 244 g/mol. The van der Waals surface area contributed by atoms with Gasteiger partial charge < -0.3 is 0 Å². The Labute approximate surface area is 95.4 Å². The molecule has 0 bridgehead atoms. The van der Waals surface area contributed by atoms with Gasteiger partial charge >= 0.3 is 6.18 Å². The number of benzene rings is 1. The lowest BCUT2D eigenvalue weighted by Gasteiger charge is -2.08. The molecule has 1 nitrogen and oxygen atoms in total. The molecule has 0 saturated heterocycles. The molecular formula is C11H5ClF3N. The third-order valence-electron chi connectivity index (χ3n) is 1.67. The topological polar surface area (TPSA) is 23.8 Å². The minimum Gasteiger partial charge on any atom is -0.197 e. The molecule has 0 heterocycles. The van der Waals surface area contributed by atoms with Gasteiger partial charge in [-0.05, 0) is 18.2 Å². The number of rotatable bonds is 0. The summed E-state index contributed by atoms with van der Waals surface area (Å²) >= 11 is 5.42. The van der Waals surface area contributed by atoms with Crippen molar-refractivity contribution in [3.8, 4) is 17.9 Å². The van der Waals surface area contributed by atoms with Crippen LogP contribution in [0.1, 0.15) is 17.5 Å². The van der Waals surface area contributed by atoms with Gasteiger partial charge in [0, 0.05) is 5.56 Å². The smallest absolute Gasteiger partial charge is 0.197 e. The fourth-order valence-corrected chi connectivity index (χ4v) is 1.23. The Morgan fingerprint density at radius 1 is 1.31 bits per heavy atom. The largest absolute Gasteiger partial charge is 0.417 e. The first kappa shape index (κ1) is 12.4. The van der Waals surface area contributed by atoms with Crippen LogP contribution >= 0.6 is 11.6 Å². The summed E-state index contributed by atoms with van der Waals surface area (Å²) in [5, 5.41) is 7.86. The molecule has 1 rings (SSSR count). The van der Waals surface area contributed by atoms with Gasteiger partial charge in [0.05, 0.1) is 23.1 Å². The average Bonchev–Trinajstić information content (AvgIpc) is 2.19. The van der Waals surface area contributed by atoms with Gasteiger partial charge in [-0.25, -0.2) is 0 Å². The van der Waals surface area contributed by atoms with Crippen LogP contribution in [0.5, 0.6) is 0 Å². The molecule has 0 amide bonds. The zero-order chi connectivity index (χ0) is 12.2. The lowest BCUT2D eigenvalue weighted by atomic mass is 10.1. The Balaban J connectivity index is 3.11. The maximum absolute atomic E-state index is 12.4. The van der Waals surface area contributed by atoms with E-state index >= 15 is 0 Å². The molecule has 0 unspecified atom stereocenters. The van der Waals surface area contributed by atoms with E-state index < -0.39 is 11.7 Å². The first-order valence-electron chi connectivity index (χ1n) is 4.17. The van der Waals surface area contributed by atoms with Gasteiger partial charge in [0.1, 0.15) is 0 Å². The first-order chi connectivity index (χ1) is 7.45. The molecule has 0 N–H and O–H groups in total. The normalized spacial score (nSPS) is 10.2. The second kappa shape index (κ2) is 4.92. The maximum atomic E-state index is 12.4. The molecule has 0 radical (unpaired) electrons. The maximum Gasteiger partial charge on any atom is 0.417 e. The highest BCUT2D eigenvalue weighted by atomic mass is 35.5. The van der Waals surface area contributed by atoms with Crippen LogP contribution in [0.25, 0.3) is 0 Å². The summed E-state index contributed by atoms with van der Waals surface area (Å²) in [6, 6.07) is 5.16. The Morgan fingerprint density at radius 2 is 2.00 bits per heavy atom. The molecule has 16 heavy (non-hydrogen) atoms. The van der Waals surface area contributed by atoms with Crippen LogP contribution in [-0.2, 0) is 6.18 Å². The van der Waals surface area contributed by atoms with Crippen molar-refractivity contribution in [1.82, 2.24) is 0 Å². The van der Waals surface area contributed by atoms with Gasteiger partial charge in [0.25, 0.3) is 0 Å². The lowest BCUT2D eigenvalue weighted by Crippen LogP contribution is -2.06. The molecule has 0 aliphatic carbocycles. The number of hydrogen-bond acceptors (Lipinski definition) is 1. The van der Waals surface area contributed by atoms with Crippen LogP contribution in [0.4, 0.5) is 13.2 Å². The third-order valence-corrected chi connectivity index (χ3v) is 2.00. The number of nitriles is 1. The van der Waals surface area contributed by atoms with Crippen molar-refractivity contribution in [2.24, 2.45) is 0 Å². The Kier molecular flexibility index (Phi) is 3.82. The van der Waals surface area contributed by atoms with Gasteiger partial charge in [0.2, 0.25) is 0 Å². The summed E-state index contributed by atoms with van der Waals surface area (Å²) in [7, 11) is 0. The van der Waals surface area contributed by atoms with Crippen LogP contribution in [0.15, 0.2) is 18.2 Å². The quantitative estimate of drug-likeness (QED) is 0.639. The van der Waals surface area contributed by atoms with E-state index in [2.05, 4.69) is 11.8 Å². The molecule has 1 aromatic carbocycles. The first-order valence-corrected chi connectivity index (χ1v) is 4.55. The Bertz CT molecular complexity index is 489. The van der Waals surface area contributed by atoms with Crippen molar-refractivity contribution < 1.29 is 13.2 Å². The van der Waals surface area contributed by atoms with E-state index in [0.717, 1.165) is 12.1 Å². The van der Waals surface area contributed by atoms with Gasteiger partial charge in [-0.1, -0.05) is 23.4 Å². The molecule has 1 aromatic rings. The van der Waals surface area contributed by atoms with Crippen LogP contribution in [0.3, 0.4) is 0 Å². The van der Waals surface area contributed by atoms with Crippen molar-refractivity contribution in [2.75, 3.05) is 0 Å². The summed E-state index contributed by atoms with van der Waals surface area (Å²) in [5.41, 5.74) is -0.732. The fourth-order valence-electron chi connectivity index (χ4n) is 1.01. The highest BCUT2D eigenvalue weighted by molar-refractivity contribution is 6.31. The van der Waals surface area contributed by atoms with E-state index in [1.807, 2.05) is 0 Å². The molecule has 0 saturated carbocycles. The summed E-state index contributed by atoms with van der Waals surface area (Å²) in [6.07, 6.45) is -4.52. The SMILES string of the molecule is N#CCC#Cc1ccc(Cl)c(C(F)(F)F)c1. The van der Waals surface area contributed by atoms with Crippen LogP contribution < -0.4 is 0 Å². The molecule has 0 aliphatic rings. The standard InChI is InChI=1S/C11H5ClF3N/c12-10-5-4-8(3-1-2-6-16)7-9(10)11(13,14)15/h4-5,7H,2H2. The van der Waals surface area contributed by atoms with E-state index in [4.69, 9.17) is 16.9 Å². The van der Waals surface area contributed by atoms with Crippen LogP contribution in [0.2, 0.25) is 5.02 Å². The van der Waals surface area contributed by atoms with Crippen molar-refractivity contribution in [1.29, 1.82) is 5.26 Å². The van der Waals surface area contributed by atoms with Crippen molar-refractivity contribution in [3.05, 3.63) is 34.3 Å². The monoisotopic (exact) mass is 243 g/mol. The van der Waals surface area contributed by atoms with Crippen molar-refractivity contribution >= 4 is 11.6 Å². The summed E-state index contributed by atoms with van der Waals surface area (Å²) in [4.78, 5) is 0. The lowest BCUT2D eigenvalue weighted by molar-refractivity contribution is -0.137. The van der Waals surface area contributed by atoms with E-state index in [0.29, 0.717) is 0 Å². The summed E-state index contributed by atoms with van der Waals surface area (Å²) < 4.78 is 37.3. The molecule has 0 fully saturated rings. The molecule has 5 heteroatoms.